The van der Waals surface area contributed by atoms with Crippen LogP contribution in [-0.2, 0) is 9.53 Å². The van der Waals surface area contributed by atoms with Crippen LogP contribution in [0.4, 0.5) is 0 Å². The fourth-order valence-corrected chi connectivity index (χ4v) is 1.06. The maximum Gasteiger partial charge on any atom is 0.305 e. The number of methoxy groups -OCH3 is 2. The fraction of sp³-hybridized carbons (Fsp3) is 0.556. The number of carbonyl (C=O) groups is 1. The van der Waals surface area contributed by atoms with Crippen LogP contribution in [-0.4, -0.2) is 25.3 Å². The summed E-state index contributed by atoms with van der Waals surface area (Å²) < 4.78 is 14.3. The van der Waals surface area contributed by atoms with E-state index in [4.69, 9.17) is 15.0 Å². The van der Waals surface area contributed by atoms with Gasteiger partial charge in [-0.3, -0.25) is 4.79 Å². The van der Waals surface area contributed by atoms with E-state index in [0.717, 1.165) is 0 Å². The largest absolute Gasteiger partial charge is 0.479 e. The van der Waals surface area contributed by atoms with E-state index in [1.54, 1.807) is 6.07 Å². The number of ether oxygens (including phenoxy) is 2. The molecule has 1 aromatic rings. The van der Waals surface area contributed by atoms with Crippen molar-refractivity contribution >= 4 is 5.97 Å². The highest BCUT2D eigenvalue weighted by Gasteiger charge is 2.14. The van der Waals surface area contributed by atoms with Crippen molar-refractivity contribution in [2.45, 2.75) is 18.9 Å². The first-order valence-corrected chi connectivity index (χ1v) is 4.50. The second kappa shape index (κ2) is 5.35. The Morgan fingerprint density at radius 1 is 1.67 bits per heavy atom. The zero-order valence-corrected chi connectivity index (χ0v) is 8.73. The number of aromatic nitrogens is 1. The van der Waals surface area contributed by atoms with Crippen LogP contribution in [0.1, 0.15) is 24.6 Å². The van der Waals surface area contributed by atoms with Crippen molar-refractivity contribution in [3.05, 3.63) is 11.8 Å². The quantitative estimate of drug-likeness (QED) is 0.723. The van der Waals surface area contributed by atoms with Crippen LogP contribution in [0, 0.1) is 0 Å². The van der Waals surface area contributed by atoms with Gasteiger partial charge in [0.2, 0.25) is 0 Å². The molecule has 0 aliphatic carbocycles. The molecule has 1 rings (SSSR count). The van der Waals surface area contributed by atoms with Gasteiger partial charge in [0.05, 0.1) is 20.3 Å². The van der Waals surface area contributed by atoms with E-state index >= 15 is 0 Å². The van der Waals surface area contributed by atoms with Crippen LogP contribution in [0.15, 0.2) is 10.6 Å². The van der Waals surface area contributed by atoms with Crippen LogP contribution in [0.2, 0.25) is 0 Å². The summed E-state index contributed by atoms with van der Waals surface area (Å²) >= 11 is 0. The van der Waals surface area contributed by atoms with E-state index in [-0.39, 0.29) is 18.4 Å². The van der Waals surface area contributed by atoms with Gasteiger partial charge in [0.1, 0.15) is 0 Å². The van der Waals surface area contributed by atoms with E-state index in [0.29, 0.717) is 18.1 Å². The molecule has 0 bridgehead atoms. The maximum atomic E-state index is 10.9. The first kappa shape index (κ1) is 11.5. The van der Waals surface area contributed by atoms with Crippen molar-refractivity contribution < 1.29 is 18.8 Å². The van der Waals surface area contributed by atoms with Crippen LogP contribution < -0.4 is 10.5 Å². The summed E-state index contributed by atoms with van der Waals surface area (Å²) in [5.41, 5.74) is 5.77. The highest BCUT2D eigenvalue weighted by Crippen LogP contribution is 2.20. The number of nitrogens with zero attached hydrogens (tertiary/aromatic N) is 1. The monoisotopic (exact) mass is 214 g/mol. The molecule has 1 atom stereocenters. The van der Waals surface area contributed by atoms with Gasteiger partial charge in [-0.25, -0.2) is 0 Å². The highest BCUT2D eigenvalue weighted by molar-refractivity contribution is 5.69. The van der Waals surface area contributed by atoms with E-state index in [2.05, 4.69) is 9.89 Å². The molecule has 0 radical (unpaired) electrons. The molecule has 0 saturated heterocycles. The molecule has 84 valence electrons. The molecule has 2 N–H and O–H groups in total. The molecule has 0 fully saturated rings. The Labute approximate surface area is 87.3 Å². The van der Waals surface area contributed by atoms with Crippen molar-refractivity contribution in [1.29, 1.82) is 0 Å². The lowest BCUT2D eigenvalue weighted by molar-refractivity contribution is -0.140. The van der Waals surface area contributed by atoms with Crippen molar-refractivity contribution in [1.82, 2.24) is 5.16 Å². The minimum atomic E-state index is -0.375. The van der Waals surface area contributed by atoms with Gasteiger partial charge in [-0.05, 0) is 11.6 Å². The average Bonchev–Trinajstić information content (AvgIpc) is 2.73. The smallest absolute Gasteiger partial charge is 0.305 e. The summed E-state index contributed by atoms with van der Waals surface area (Å²) in [6, 6.07) is 1.22. The number of hydrogen-bond acceptors (Lipinski definition) is 6. The first-order valence-electron chi connectivity index (χ1n) is 4.50. The predicted octanol–water partition coefficient (Wildman–Crippen LogP) is 0.636. The van der Waals surface area contributed by atoms with E-state index < -0.39 is 0 Å². The molecule has 0 aliphatic heterocycles. The fourth-order valence-electron chi connectivity index (χ4n) is 1.06. The van der Waals surface area contributed by atoms with Gasteiger partial charge < -0.3 is 19.7 Å². The Kier molecular flexibility index (Phi) is 4.11. The molecule has 1 heterocycles. The molecule has 6 nitrogen and oxygen atoms in total. The molecule has 0 aromatic carbocycles. The van der Waals surface area contributed by atoms with Crippen molar-refractivity contribution in [2.24, 2.45) is 5.73 Å². The Balaban J connectivity index is 2.46. The molecular formula is C9H14N2O4. The van der Waals surface area contributed by atoms with Crippen LogP contribution in [0.3, 0.4) is 0 Å². The Hall–Kier alpha value is -1.56. The Bertz CT molecular complexity index is 324. The molecule has 0 saturated carbocycles. The molecule has 1 unspecified atom stereocenters. The van der Waals surface area contributed by atoms with Crippen molar-refractivity contribution in [2.75, 3.05) is 14.2 Å². The Morgan fingerprint density at radius 3 is 2.93 bits per heavy atom. The minimum Gasteiger partial charge on any atom is -0.479 e. The second-order valence-electron chi connectivity index (χ2n) is 2.99. The number of carbonyl (C=O) groups excluding carboxylic acids is 1. The van der Waals surface area contributed by atoms with Gasteiger partial charge in [-0.1, -0.05) is 0 Å². The van der Waals surface area contributed by atoms with Gasteiger partial charge in [0.25, 0.3) is 5.88 Å². The summed E-state index contributed by atoms with van der Waals surface area (Å²) in [4.78, 5) is 10.9. The lowest BCUT2D eigenvalue weighted by atomic mass is 10.1. The molecule has 0 aliphatic rings. The topological polar surface area (TPSA) is 87.6 Å². The lowest BCUT2D eigenvalue weighted by Crippen LogP contribution is -2.12. The highest BCUT2D eigenvalue weighted by atomic mass is 16.5. The minimum absolute atomic E-state index is 0.251. The zero-order valence-electron chi connectivity index (χ0n) is 8.73. The van der Waals surface area contributed by atoms with Gasteiger partial charge in [0, 0.05) is 12.5 Å². The normalized spacial score (nSPS) is 12.2. The molecule has 6 heteroatoms. The predicted molar refractivity (Wildman–Crippen MR) is 51.2 cm³/mol. The molecule has 15 heavy (non-hydrogen) atoms. The summed E-state index contributed by atoms with van der Waals surface area (Å²) in [7, 11) is 2.83. The first-order chi connectivity index (χ1) is 7.17. The standard InChI is InChI=1S/C9H14N2O4/c1-13-8-5-7(15-11-8)6(10)3-4-9(12)14-2/h5-6H,3-4,10H2,1-2H3. The van der Waals surface area contributed by atoms with Gasteiger partial charge in [-0.2, -0.15) is 0 Å². The summed E-state index contributed by atoms with van der Waals surface area (Å²) in [5.74, 6) is 0.575. The molecule has 0 amide bonds. The van der Waals surface area contributed by atoms with E-state index in [9.17, 15) is 4.79 Å². The number of rotatable bonds is 5. The second-order valence-corrected chi connectivity index (χ2v) is 2.99. The van der Waals surface area contributed by atoms with E-state index in [1.165, 1.54) is 14.2 Å². The van der Waals surface area contributed by atoms with Crippen molar-refractivity contribution in [3.63, 3.8) is 0 Å². The van der Waals surface area contributed by atoms with Gasteiger partial charge >= 0.3 is 5.97 Å². The number of nitrogens with two attached hydrogens (primary N) is 1. The number of esters is 1. The SMILES string of the molecule is COC(=O)CCC(N)c1cc(OC)no1. The van der Waals surface area contributed by atoms with E-state index in [1.807, 2.05) is 0 Å². The van der Waals surface area contributed by atoms with Crippen LogP contribution in [0.5, 0.6) is 5.88 Å². The average molecular weight is 214 g/mol. The molecule has 1 aromatic heterocycles. The third kappa shape index (κ3) is 3.25. The van der Waals surface area contributed by atoms with Crippen LogP contribution >= 0.6 is 0 Å². The maximum absolute atomic E-state index is 10.9. The molecular weight excluding hydrogens is 200 g/mol. The third-order valence-corrected chi connectivity index (χ3v) is 1.97. The van der Waals surface area contributed by atoms with Gasteiger partial charge in [-0.15, -0.1) is 0 Å². The zero-order chi connectivity index (χ0) is 11.3. The summed E-state index contributed by atoms with van der Waals surface area (Å²) in [6.45, 7) is 0. The van der Waals surface area contributed by atoms with Gasteiger partial charge in [0.15, 0.2) is 5.76 Å². The third-order valence-electron chi connectivity index (χ3n) is 1.97. The summed E-state index contributed by atoms with van der Waals surface area (Å²) in [5, 5.41) is 3.61. The van der Waals surface area contributed by atoms with Crippen molar-refractivity contribution in [3.8, 4) is 5.88 Å². The van der Waals surface area contributed by atoms with Crippen LogP contribution in [0.25, 0.3) is 0 Å². The lowest BCUT2D eigenvalue weighted by Gasteiger charge is -2.05. The Morgan fingerprint density at radius 2 is 2.40 bits per heavy atom. The molecule has 0 spiro atoms. The summed E-state index contributed by atoms with van der Waals surface area (Å²) in [6.07, 6.45) is 0.700. The number of hydrogen-bond donors (Lipinski definition) is 1.